The van der Waals surface area contributed by atoms with Gasteiger partial charge in [0.25, 0.3) is 0 Å². The van der Waals surface area contributed by atoms with Crippen LogP contribution in [0.15, 0.2) is 42.7 Å². The zero-order valence-electron chi connectivity index (χ0n) is 18.8. The Kier molecular flexibility index (Phi) is 5.21. The number of nitrogens with zero attached hydrogens (tertiary/aromatic N) is 3. The predicted molar refractivity (Wildman–Crippen MR) is 125 cm³/mol. The van der Waals surface area contributed by atoms with Crippen LogP contribution in [0.1, 0.15) is 37.7 Å². The second kappa shape index (κ2) is 8.39. The molecule has 2 amide bonds. The molecule has 9 heteroatoms. The second-order valence-electron chi connectivity index (χ2n) is 9.37. The lowest BCUT2D eigenvalue weighted by molar-refractivity contribution is -0.128. The van der Waals surface area contributed by atoms with E-state index in [2.05, 4.69) is 20.5 Å². The van der Waals surface area contributed by atoms with E-state index in [1.165, 1.54) is 0 Å². The number of carbonyl (C=O) groups excluding carboxylic acids is 2. The smallest absolute Gasteiger partial charge is 0.240 e. The Morgan fingerprint density at radius 1 is 1.24 bits per heavy atom. The molecule has 2 N–H and O–H groups in total. The second-order valence-corrected chi connectivity index (χ2v) is 9.37. The molecule has 0 radical (unpaired) electrons. The molecule has 1 spiro atoms. The molecule has 4 heterocycles. The van der Waals surface area contributed by atoms with Crippen LogP contribution in [-0.2, 0) is 19.7 Å². The highest BCUT2D eigenvalue weighted by Gasteiger charge is 2.52. The van der Waals surface area contributed by atoms with Gasteiger partial charge in [-0.25, -0.2) is 4.98 Å². The Morgan fingerprint density at radius 3 is 2.85 bits per heavy atom. The molecule has 1 saturated carbocycles. The van der Waals surface area contributed by atoms with Gasteiger partial charge in [-0.2, -0.15) is 5.10 Å². The molecule has 1 atom stereocenters. The van der Waals surface area contributed by atoms with Crippen LogP contribution >= 0.6 is 0 Å². The zero-order valence-corrected chi connectivity index (χ0v) is 18.8. The van der Waals surface area contributed by atoms with Gasteiger partial charge in [0.05, 0.1) is 30.0 Å². The van der Waals surface area contributed by atoms with Gasteiger partial charge in [-0.05, 0) is 49.8 Å². The minimum Gasteiger partial charge on any atom is -0.489 e. The van der Waals surface area contributed by atoms with E-state index in [-0.39, 0.29) is 30.6 Å². The molecule has 3 aliphatic rings. The summed E-state index contributed by atoms with van der Waals surface area (Å²) in [5, 5.41) is 10.7. The number of aromatic amines is 1. The Bertz CT molecular complexity index is 1230. The summed E-state index contributed by atoms with van der Waals surface area (Å²) in [4.78, 5) is 32.3. The first-order valence-corrected chi connectivity index (χ1v) is 11.9. The Morgan fingerprint density at radius 2 is 2.06 bits per heavy atom. The summed E-state index contributed by atoms with van der Waals surface area (Å²) in [6.07, 6.45) is 7.37. The topological polar surface area (TPSA) is 109 Å². The average molecular weight is 462 g/mol. The third-order valence-electron chi connectivity index (χ3n) is 7.34. The number of hydrogen-bond donors (Lipinski definition) is 2. The Balaban J connectivity index is 1.15. The van der Waals surface area contributed by atoms with E-state index in [0.717, 1.165) is 48.2 Å². The number of anilines is 1. The molecule has 6 rings (SSSR count). The lowest BCUT2D eigenvalue weighted by Crippen LogP contribution is -2.48. The molecule has 9 nitrogen and oxygen atoms in total. The monoisotopic (exact) mass is 461 g/mol. The van der Waals surface area contributed by atoms with Crippen molar-refractivity contribution < 1.29 is 19.1 Å². The van der Waals surface area contributed by atoms with E-state index in [1.807, 2.05) is 30.3 Å². The van der Waals surface area contributed by atoms with Crippen LogP contribution in [0.5, 0.6) is 5.75 Å². The van der Waals surface area contributed by atoms with Crippen molar-refractivity contribution in [2.45, 2.75) is 49.7 Å². The predicted octanol–water partition coefficient (Wildman–Crippen LogP) is 2.47. The summed E-state index contributed by atoms with van der Waals surface area (Å²) < 4.78 is 11.6. The first-order valence-electron chi connectivity index (χ1n) is 11.9. The largest absolute Gasteiger partial charge is 0.489 e. The zero-order chi connectivity index (χ0) is 23.1. The first-order chi connectivity index (χ1) is 16.6. The van der Waals surface area contributed by atoms with Gasteiger partial charge in [-0.1, -0.05) is 18.2 Å². The molecule has 3 aromatic rings. The minimum absolute atomic E-state index is 0.0107. The normalized spacial score (nSPS) is 25.9. The van der Waals surface area contributed by atoms with Crippen LogP contribution in [0.25, 0.3) is 11.0 Å². The van der Waals surface area contributed by atoms with Gasteiger partial charge >= 0.3 is 0 Å². The van der Waals surface area contributed by atoms with Crippen molar-refractivity contribution in [2.75, 3.05) is 24.6 Å². The highest BCUT2D eigenvalue weighted by atomic mass is 16.5. The highest BCUT2D eigenvalue weighted by Crippen LogP contribution is 2.50. The van der Waals surface area contributed by atoms with E-state index in [4.69, 9.17) is 9.47 Å². The van der Waals surface area contributed by atoms with E-state index in [9.17, 15) is 9.59 Å². The molecule has 1 aliphatic carbocycles. The van der Waals surface area contributed by atoms with Crippen LogP contribution in [0.2, 0.25) is 0 Å². The number of nitrogens with one attached hydrogen (secondary N) is 2. The average Bonchev–Trinajstić information content (AvgIpc) is 3.37. The molecule has 1 unspecified atom stereocenters. The molecular formula is C25H27N5O4. The van der Waals surface area contributed by atoms with E-state index >= 15 is 0 Å². The van der Waals surface area contributed by atoms with Crippen molar-refractivity contribution in [3.63, 3.8) is 0 Å². The van der Waals surface area contributed by atoms with Crippen molar-refractivity contribution in [3.8, 4) is 5.75 Å². The number of para-hydroxylation sites is 1. The van der Waals surface area contributed by atoms with Gasteiger partial charge in [-0.15, -0.1) is 0 Å². The molecule has 1 saturated heterocycles. The number of fused-ring (bicyclic) bond motifs is 3. The van der Waals surface area contributed by atoms with E-state index in [0.29, 0.717) is 25.1 Å². The Hall–Kier alpha value is -3.46. The van der Waals surface area contributed by atoms with E-state index < -0.39 is 5.41 Å². The summed E-state index contributed by atoms with van der Waals surface area (Å²) in [5.41, 5.74) is 2.00. The molecule has 0 bridgehead atoms. The van der Waals surface area contributed by atoms with Crippen LogP contribution in [0.3, 0.4) is 0 Å². The number of rotatable bonds is 6. The van der Waals surface area contributed by atoms with Crippen LogP contribution in [0.4, 0.5) is 5.69 Å². The lowest BCUT2D eigenvalue weighted by atomic mass is 9.69. The number of hydrogen-bond acceptors (Lipinski definition) is 6. The van der Waals surface area contributed by atoms with Gasteiger partial charge in [0.1, 0.15) is 12.3 Å². The number of ether oxygens (including phenoxy) is 2. The van der Waals surface area contributed by atoms with Crippen LogP contribution in [-0.4, -0.2) is 58.9 Å². The molecule has 2 aliphatic heterocycles. The summed E-state index contributed by atoms with van der Waals surface area (Å²) >= 11 is 0. The van der Waals surface area contributed by atoms with Gasteiger partial charge in [0.15, 0.2) is 5.65 Å². The van der Waals surface area contributed by atoms with E-state index in [1.54, 1.807) is 17.3 Å². The van der Waals surface area contributed by atoms with Gasteiger partial charge in [0, 0.05) is 24.2 Å². The highest BCUT2D eigenvalue weighted by molar-refractivity contribution is 6.10. The molecule has 34 heavy (non-hydrogen) atoms. The third-order valence-corrected chi connectivity index (χ3v) is 7.34. The van der Waals surface area contributed by atoms with Crippen LogP contribution in [0, 0.1) is 0 Å². The fourth-order valence-electron chi connectivity index (χ4n) is 5.38. The van der Waals surface area contributed by atoms with Gasteiger partial charge < -0.3 is 19.7 Å². The Labute approximate surface area is 196 Å². The summed E-state index contributed by atoms with van der Waals surface area (Å²) in [5.74, 6) is 0.570. The maximum Gasteiger partial charge on any atom is 0.240 e. The van der Waals surface area contributed by atoms with Crippen molar-refractivity contribution >= 4 is 28.5 Å². The van der Waals surface area contributed by atoms with Crippen molar-refractivity contribution in [2.24, 2.45) is 0 Å². The number of pyridine rings is 1. The maximum atomic E-state index is 13.7. The molecule has 176 valence electrons. The summed E-state index contributed by atoms with van der Waals surface area (Å²) in [6.45, 7) is 1.27. The van der Waals surface area contributed by atoms with Crippen molar-refractivity contribution in [1.29, 1.82) is 0 Å². The third kappa shape index (κ3) is 3.60. The summed E-state index contributed by atoms with van der Waals surface area (Å²) in [7, 11) is 0. The molecular weight excluding hydrogens is 434 g/mol. The molecule has 1 aromatic carbocycles. The number of amides is 2. The lowest BCUT2D eigenvalue weighted by Gasteiger charge is -2.36. The van der Waals surface area contributed by atoms with Crippen LogP contribution < -0.4 is 15.0 Å². The number of aromatic nitrogens is 3. The maximum absolute atomic E-state index is 13.7. The molecule has 2 aromatic heterocycles. The number of H-pyrrole nitrogens is 1. The van der Waals surface area contributed by atoms with Crippen molar-refractivity contribution in [3.05, 3.63) is 48.3 Å². The summed E-state index contributed by atoms with van der Waals surface area (Å²) in [6, 6.07) is 9.80. The fraction of sp³-hybridized carbons (Fsp3) is 0.440. The number of benzene rings is 1. The molecule has 2 fully saturated rings. The van der Waals surface area contributed by atoms with Crippen molar-refractivity contribution in [1.82, 2.24) is 20.5 Å². The fourth-order valence-corrected chi connectivity index (χ4v) is 5.38. The SMILES string of the molecule is O=C(CN1C(=O)C2(CCC(Oc3cnc4[nH]ncc4c3)CC2)c2ccccc21)NCC1CCO1. The standard InChI is InChI=1S/C25H27N5O4/c31-22(26-13-18-7-10-33-18)15-30-21-4-2-1-3-20(21)25(24(30)32)8-5-17(6-9-25)34-19-11-16-12-28-29-23(16)27-14-19/h1-4,11-12,14,17-18H,5-10,13,15H2,(H,26,31)(H,27,28,29). The first kappa shape index (κ1) is 21.1. The van der Waals surface area contributed by atoms with Gasteiger partial charge in [-0.3, -0.25) is 14.7 Å². The minimum atomic E-state index is -0.597. The number of carbonyl (C=O) groups is 2. The van der Waals surface area contributed by atoms with Gasteiger partial charge in [0.2, 0.25) is 11.8 Å². The quantitative estimate of drug-likeness (QED) is 0.584.